The van der Waals surface area contributed by atoms with Crippen LogP contribution in [0.25, 0.3) is 0 Å². The first-order valence-electron chi connectivity index (χ1n) is 6.91. The van der Waals surface area contributed by atoms with Gasteiger partial charge in [-0.3, -0.25) is 0 Å². The molecule has 1 aromatic heterocycles. The molecular formula is C14H23NO3S. The Labute approximate surface area is 118 Å². The van der Waals surface area contributed by atoms with Crippen molar-refractivity contribution in [2.45, 2.75) is 44.6 Å². The predicted molar refractivity (Wildman–Crippen MR) is 76.4 cm³/mol. The summed E-state index contributed by atoms with van der Waals surface area (Å²) in [6.45, 7) is 4.37. The first-order chi connectivity index (χ1) is 9.28. The number of nitrogens with one attached hydrogen (secondary N) is 1. The lowest BCUT2D eigenvalue weighted by atomic mass is 9.89. The normalized spacial score (nSPS) is 24.1. The van der Waals surface area contributed by atoms with Crippen LogP contribution in [-0.2, 0) is 16.1 Å². The van der Waals surface area contributed by atoms with Crippen molar-refractivity contribution in [3.8, 4) is 0 Å². The molecule has 1 unspecified atom stereocenters. The highest BCUT2D eigenvalue weighted by molar-refractivity contribution is 7.09. The fraction of sp³-hybridized carbons (Fsp3) is 0.714. The maximum Gasteiger partial charge on any atom is 0.0897 e. The van der Waals surface area contributed by atoms with Gasteiger partial charge in [0.05, 0.1) is 25.4 Å². The van der Waals surface area contributed by atoms with Crippen LogP contribution in [0.3, 0.4) is 0 Å². The average molecular weight is 285 g/mol. The molecule has 2 N–H and O–H groups in total. The van der Waals surface area contributed by atoms with Crippen LogP contribution in [0, 0.1) is 0 Å². The number of thiophene rings is 1. The molecule has 1 aromatic rings. The molecule has 0 aliphatic heterocycles. The zero-order valence-corrected chi connectivity index (χ0v) is 12.2. The Morgan fingerprint density at radius 2 is 2.37 bits per heavy atom. The Morgan fingerprint density at radius 3 is 3.05 bits per heavy atom. The molecule has 0 radical (unpaired) electrons. The molecule has 0 bridgehead atoms. The van der Waals surface area contributed by atoms with E-state index in [1.807, 2.05) is 24.4 Å². The highest BCUT2D eigenvalue weighted by atomic mass is 32.1. The van der Waals surface area contributed by atoms with Crippen molar-refractivity contribution < 1.29 is 14.6 Å². The van der Waals surface area contributed by atoms with Gasteiger partial charge in [0.25, 0.3) is 0 Å². The third kappa shape index (κ3) is 5.20. The van der Waals surface area contributed by atoms with Gasteiger partial charge in [0.1, 0.15) is 0 Å². The molecule has 1 aliphatic rings. The second-order valence-corrected chi connectivity index (χ2v) is 5.93. The summed E-state index contributed by atoms with van der Waals surface area (Å²) in [5, 5.41) is 15.2. The lowest BCUT2D eigenvalue weighted by Crippen LogP contribution is -2.48. The molecule has 0 saturated heterocycles. The van der Waals surface area contributed by atoms with Crippen LogP contribution in [0.15, 0.2) is 17.5 Å². The number of hydrogen-bond acceptors (Lipinski definition) is 5. The number of rotatable bonds is 9. The van der Waals surface area contributed by atoms with Gasteiger partial charge < -0.3 is 19.9 Å². The van der Waals surface area contributed by atoms with Gasteiger partial charge in [0.2, 0.25) is 0 Å². The quantitative estimate of drug-likeness (QED) is 0.726. The van der Waals surface area contributed by atoms with Gasteiger partial charge in [-0.1, -0.05) is 6.07 Å². The Balaban J connectivity index is 1.47. The summed E-state index contributed by atoms with van der Waals surface area (Å²) in [5.41, 5.74) is 0. The predicted octanol–water partition coefficient (Wildman–Crippen LogP) is 1.78. The van der Waals surface area contributed by atoms with Crippen molar-refractivity contribution in [1.29, 1.82) is 0 Å². The van der Waals surface area contributed by atoms with Crippen LogP contribution in [0.2, 0.25) is 0 Å². The summed E-state index contributed by atoms with van der Waals surface area (Å²) in [5.74, 6) is 0. The summed E-state index contributed by atoms with van der Waals surface area (Å²) in [4.78, 5) is 1.19. The van der Waals surface area contributed by atoms with Gasteiger partial charge in [-0.25, -0.2) is 0 Å². The van der Waals surface area contributed by atoms with E-state index in [4.69, 9.17) is 9.47 Å². The van der Waals surface area contributed by atoms with Crippen molar-refractivity contribution in [3.05, 3.63) is 22.4 Å². The number of hydrogen-bond donors (Lipinski definition) is 2. The van der Waals surface area contributed by atoms with Crippen molar-refractivity contribution in [1.82, 2.24) is 5.32 Å². The topological polar surface area (TPSA) is 50.7 Å². The van der Waals surface area contributed by atoms with E-state index in [0.29, 0.717) is 31.9 Å². The summed E-state index contributed by atoms with van der Waals surface area (Å²) in [7, 11) is 0. The lowest BCUT2D eigenvalue weighted by Gasteiger charge is -2.36. The van der Waals surface area contributed by atoms with Crippen LogP contribution >= 0.6 is 11.3 Å². The highest BCUT2D eigenvalue weighted by Crippen LogP contribution is 2.22. The van der Waals surface area contributed by atoms with Crippen LogP contribution in [0.4, 0.5) is 0 Å². The molecule has 0 aromatic carbocycles. The van der Waals surface area contributed by atoms with E-state index in [1.165, 1.54) is 4.88 Å². The lowest BCUT2D eigenvalue weighted by molar-refractivity contribution is -0.0171. The maximum absolute atomic E-state index is 9.80. The largest absolute Gasteiger partial charge is 0.389 e. The summed E-state index contributed by atoms with van der Waals surface area (Å²) in [6, 6.07) is 4.54. The van der Waals surface area contributed by atoms with E-state index in [-0.39, 0.29) is 0 Å². The van der Waals surface area contributed by atoms with Gasteiger partial charge in [0, 0.05) is 24.1 Å². The number of ether oxygens (including phenoxy) is 2. The minimum Gasteiger partial charge on any atom is -0.389 e. The van der Waals surface area contributed by atoms with Crippen molar-refractivity contribution in [2.24, 2.45) is 0 Å². The minimum atomic E-state index is -0.439. The number of aliphatic hydroxyl groups is 1. The second-order valence-electron chi connectivity index (χ2n) is 4.90. The fourth-order valence-corrected chi connectivity index (χ4v) is 2.80. The molecule has 0 amide bonds. The van der Waals surface area contributed by atoms with Gasteiger partial charge in [-0.15, -0.1) is 11.3 Å². The van der Waals surface area contributed by atoms with Crippen LogP contribution in [-0.4, -0.2) is 43.1 Å². The van der Waals surface area contributed by atoms with E-state index < -0.39 is 6.10 Å². The number of aliphatic hydroxyl groups excluding tert-OH is 1. The molecule has 4 nitrogen and oxygen atoms in total. The Kier molecular flexibility index (Phi) is 6.26. The fourth-order valence-electron chi connectivity index (χ4n) is 2.16. The molecular weight excluding hydrogens is 262 g/mol. The molecule has 0 spiro atoms. The third-order valence-electron chi connectivity index (χ3n) is 3.27. The first kappa shape index (κ1) is 14.9. The van der Waals surface area contributed by atoms with Crippen molar-refractivity contribution in [2.75, 3.05) is 19.8 Å². The average Bonchev–Trinajstić information content (AvgIpc) is 2.85. The summed E-state index contributed by atoms with van der Waals surface area (Å²) >= 11 is 1.67. The van der Waals surface area contributed by atoms with Gasteiger partial charge in [-0.2, -0.15) is 0 Å². The van der Waals surface area contributed by atoms with Crippen molar-refractivity contribution >= 4 is 11.3 Å². The molecule has 1 heterocycles. The molecule has 19 heavy (non-hydrogen) atoms. The van der Waals surface area contributed by atoms with Gasteiger partial charge in [0.15, 0.2) is 0 Å². The summed E-state index contributed by atoms with van der Waals surface area (Å²) in [6.07, 6.45) is 2.08. The van der Waals surface area contributed by atoms with E-state index >= 15 is 0 Å². The van der Waals surface area contributed by atoms with Gasteiger partial charge >= 0.3 is 0 Å². The standard InChI is InChI=1S/C14H23NO3S/c1-2-18-13-6-11(7-13)15-8-12(16)9-17-10-14-4-3-5-19-14/h3-5,11-13,15-16H,2,6-10H2,1H3. The molecule has 1 aliphatic carbocycles. The van der Waals surface area contributed by atoms with Gasteiger partial charge in [-0.05, 0) is 31.2 Å². The van der Waals surface area contributed by atoms with E-state index in [0.717, 1.165) is 19.4 Å². The minimum absolute atomic E-state index is 0.381. The third-order valence-corrected chi connectivity index (χ3v) is 4.12. The first-order valence-corrected chi connectivity index (χ1v) is 7.79. The van der Waals surface area contributed by atoms with Crippen LogP contribution in [0.5, 0.6) is 0 Å². The summed E-state index contributed by atoms with van der Waals surface area (Å²) < 4.78 is 11.0. The molecule has 1 saturated carbocycles. The zero-order chi connectivity index (χ0) is 13.5. The molecule has 5 heteroatoms. The molecule has 108 valence electrons. The second kappa shape index (κ2) is 7.97. The molecule has 1 fully saturated rings. The van der Waals surface area contributed by atoms with Crippen LogP contribution < -0.4 is 5.32 Å². The van der Waals surface area contributed by atoms with Crippen LogP contribution in [0.1, 0.15) is 24.6 Å². The van der Waals surface area contributed by atoms with E-state index in [2.05, 4.69) is 5.32 Å². The smallest absolute Gasteiger partial charge is 0.0897 e. The SMILES string of the molecule is CCOC1CC(NCC(O)COCc2cccs2)C1. The molecule has 2 rings (SSSR count). The zero-order valence-electron chi connectivity index (χ0n) is 11.4. The van der Waals surface area contributed by atoms with Crippen molar-refractivity contribution in [3.63, 3.8) is 0 Å². The Hall–Kier alpha value is -0.460. The van der Waals surface area contributed by atoms with E-state index in [1.54, 1.807) is 11.3 Å². The highest BCUT2D eigenvalue weighted by Gasteiger charge is 2.29. The monoisotopic (exact) mass is 285 g/mol. The molecule has 1 atom stereocenters. The maximum atomic E-state index is 9.80. The van der Waals surface area contributed by atoms with E-state index in [9.17, 15) is 5.11 Å². The Bertz CT molecular complexity index is 338. The Morgan fingerprint density at radius 1 is 1.53 bits per heavy atom.